The zero-order valence-corrected chi connectivity index (χ0v) is 16.0. The van der Waals surface area contributed by atoms with Crippen LogP contribution in [0.2, 0.25) is 0 Å². The largest absolute Gasteiger partial charge is 0.278 e. The molecule has 0 saturated heterocycles. The Hall–Kier alpha value is -3.21. The Labute approximate surface area is 159 Å². The second-order valence-electron chi connectivity index (χ2n) is 7.06. The van der Waals surface area contributed by atoms with Crippen molar-refractivity contribution in [2.45, 2.75) is 33.6 Å². The minimum atomic E-state index is -0.417. The van der Waals surface area contributed by atoms with Crippen LogP contribution < -0.4 is 5.43 Å². The fraction of sp³-hybridized carbons (Fsp3) is 0.227. The summed E-state index contributed by atoms with van der Waals surface area (Å²) in [5.41, 5.74) is 11.0. The summed E-state index contributed by atoms with van der Waals surface area (Å²) in [7, 11) is 0. The van der Waals surface area contributed by atoms with Gasteiger partial charge in [-0.2, -0.15) is 5.10 Å². The molecule has 0 heterocycles. The Balaban J connectivity index is 1.87. The molecule has 1 N–H and O–H groups in total. The number of aryl methyl sites for hydroxylation is 2. The maximum atomic E-state index is 10.7. The molecule has 5 heteroatoms. The van der Waals surface area contributed by atoms with Crippen molar-refractivity contribution in [2.24, 2.45) is 5.10 Å². The third-order valence-corrected chi connectivity index (χ3v) is 4.73. The van der Waals surface area contributed by atoms with Crippen LogP contribution in [0.4, 0.5) is 11.4 Å². The number of hydrogen-bond donors (Lipinski definition) is 1. The number of nitro groups is 1. The lowest BCUT2D eigenvalue weighted by atomic mass is 10.0. The summed E-state index contributed by atoms with van der Waals surface area (Å²) in [4.78, 5) is 10.3. The van der Waals surface area contributed by atoms with Crippen LogP contribution in [0.1, 0.15) is 42.0 Å². The molecule has 0 radical (unpaired) electrons. The van der Waals surface area contributed by atoms with Crippen LogP contribution in [0.5, 0.6) is 0 Å². The molecule has 0 aromatic heterocycles. The monoisotopic (exact) mass is 361 g/mol. The van der Waals surface area contributed by atoms with Gasteiger partial charge in [-0.1, -0.05) is 32.0 Å². The molecule has 0 saturated carbocycles. The van der Waals surface area contributed by atoms with Gasteiger partial charge in [-0.15, -0.1) is 0 Å². The maximum Gasteiger partial charge on any atom is 0.269 e. The van der Waals surface area contributed by atoms with Crippen molar-refractivity contribution in [1.29, 1.82) is 0 Å². The predicted octanol–water partition coefficient (Wildman–Crippen LogP) is 5.89. The number of benzene rings is 1. The minimum absolute atomic E-state index is 0.0614. The van der Waals surface area contributed by atoms with Gasteiger partial charge in [-0.3, -0.25) is 15.5 Å². The van der Waals surface area contributed by atoms with E-state index in [1.54, 1.807) is 18.3 Å². The van der Waals surface area contributed by atoms with Crippen LogP contribution in [-0.4, -0.2) is 11.1 Å². The summed E-state index contributed by atoms with van der Waals surface area (Å²) in [5, 5.41) is 15.0. The minimum Gasteiger partial charge on any atom is -0.278 e. The number of fused-ring (bicyclic) bond motifs is 1. The molecular weight excluding hydrogens is 338 g/mol. The molecule has 5 nitrogen and oxygen atoms in total. The summed E-state index contributed by atoms with van der Waals surface area (Å²) >= 11 is 0. The van der Waals surface area contributed by atoms with E-state index in [1.807, 2.05) is 0 Å². The quantitative estimate of drug-likeness (QED) is 0.350. The highest BCUT2D eigenvalue weighted by Gasteiger charge is 2.15. The normalized spacial score (nSPS) is 11.4. The molecule has 0 fully saturated rings. The average Bonchev–Trinajstić information content (AvgIpc) is 2.82. The van der Waals surface area contributed by atoms with E-state index in [9.17, 15) is 10.1 Å². The zero-order valence-electron chi connectivity index (χ0n) is 16.0. The van der Waals surface area contributed by atoms with Crippen molar-refractivity contribution >= 4 is 17.6 Å². The van der Waals surface area contributed by atoms with Gasteiger partial charge < -0.3 is 0 Å². The SMILES string of the molecule is Cc1cc(/C=N\Nc2ccc([N+](=O)[O-])cc2)c2c(C)ccc(C(C)C)cc1-2. The number of nitrogens with one attached hydrogen (secondary N) is 1. The molecule has 2 aliphatic rings. The Morgan fingerprint density at radius 1 is 1.04 bits per heavy atom. The summed E-state index contributed by atoms with van der Waals surface area (Å²) in [6.45, 7) is 8.64. The van der Waals surface area contributed by atoms with E-state index in [0.29, 0.717) is 11.6 Å². The van der Waals surface area contributed by atoms with Gasteiger partial charge in [0.15, 0.2) is 0 Å². The topological polar surface area (TPSA) is 67.5 Å². The number of nitro benzene ring substituents is 1. The lowest BCUT2D eigenvalue weighted by Gasteiger charge is -2.04. The first-order valence-corrected chi connectivity index (χ1v) is 8.94. The lowest BCUT2D eigenvalue weighted by Crippen LogP contribution is -1.92. The van der Waals surface area contributed by atoms with Gasteiger partial charge in [0, 0.05) is 17.7 Å². The molecule has 1 aromatic rings. The zero-order chi connectivity index (χ0) is 19.6. The predicted molar refractivity (Wildman–Crippen MR) is 111 cm³/mol. The fourth-order valence-corrected chi connectivity index (χ4v) is 3.18. The van der Waals surface area contributed by atoms with Crippen LogP contribution in [0.25, 0.3) is 11.1 Å². The lowest BCUT2D eigenvalue weighted by molar-refractivity contribution is -0.384. The van der Waals surface area contributed by atoms with E-state index in [1.165, 1.54) is 39.9 Å². The van der Waals surface area contributed by atoms with E-state index < -0.39 is 4.92 Å². The van der Waals surface area contributed by atoms with Crippen molar-refractivity contribution in [3.05, 3.63) is 80.9 Å². The van der Waals surface area contributed by atoms with Gasteiger partial charge in [-0.25, -0.2) is 0 Å². The first-order chi connectivity index (χ1) is 12.9. The van der Waals surface area contributed by atoms with Gasteiger partial charge in [0.2, 0.25) is 0 Å². The van der Waals surface area contributed by atoms with Gasteiger partial charge in [0.1, 0.15) is 0 Å². The molecule has 1 aromatic carbocycles. The van der Waals surface area contributed by atoms with Gasteiger partial charge in [-0.05, 0) is 65.8 Å². The third kappa shape index (κ3) is 3.97. The highest BCUT2D eigenvalue weighted by atomic mass is 16.6. The Kier molecular flexibility index (Phi) is 5.21. The number of non-ortho nitro benzene ring substituents is 1. The molecule has 0 aliphatic heterocycles. The van der Waals surface area contributed by atoms with Crippen LogP contribution in [0, 0.1) is 24.0 Å². The molecule has 0 unspecified atom stereocenters. The standard InChI is InChI=1S/C22H23N3O2/c1-14(2)17-6-5-15(3)22-18(11-16(4)21(22)12-17)13-23-24-19-7-9-20(10-8-19)25(26)27/h5-14,24H,1-4H3/b23-13-. The number of nitrogens with zero attached hydrogens (tertiary/aromatic N) is 2. The number of hydrogen-bond acceptors (Lipinski definition) is 4. The molecule has 138 valence electrons. The molecule has 0 amide bonds. The van der Waals surface area contributed by atoms with Crippen LogP contribution in [-0.2, 0) is 0 Å². The molecule has 27 heavy (non-hydrogen) atoms. The van der Waals surface area contributed by atoms with Crippen molar-refractivity contribution in [3.8, 4) is 11.1 Å². The van der Waals surface area contributed by atoms with Crippen molar-refractivity contribution < 1.29 is 4.92 Å². The average molecular weight is 361 g/mol. The smallest absolute Gasteiger partial charge is 0.269 e. The highest BCUT2D eigenvalue weighted by molar-refractivity contribution is 5.95. The first kappa shape index (κ1) is 18.6. The summed E-state index contributed by atoms with van der Waals surface area (Å²) < 4.78 is 0. The van der Waals surface area contributed by atoms with Crippen molar-refractivity contribution in [2.75, 3.05) is 5.43 Å². The molecule has 2 aliphatic carbocycles. The van der Waals surface area contributed by atoms with Crippen LogP contribution in [0.15, 0.2) is 53.6 Å². The third-order valence-electron chi connectivity index (χ3n) is 4.73. The van der Waals surface area contributed by atoms with Gasteiger partial charge in [0.05, 0.1) is 16.8 Å². The number of rotatable bonds is 5. The molecule has 0 atom stereocenters. The van der Waals surface area contributed by atoms with Gasteiger partial charge >= 0.3 is 0 Å². The van der Waals surface area contributed by atoms with E-state index in [2.05, 4.69) is 62.5 Å². The summed E-state index contributed by atoms with van der Waals surface area (Å²) in [5.74, 6) is 0.468. The second kappa shape index (κ2) is 7.58. The summed E-state index contributed by atoms with van der Waals surface area (Å²) in [6.07, 6.45) is 1.80. The highest BCUT2D eigenvalue weighted by Crippen LogP contribution is 2.35. The molecule has 0 bridgehead atoms. The molecular formula is C22H23N3O2. The molecule has 3 rings (SSSR count). The van der Waals surface area contributed by atoms with Gasteiger partial charge in [0.25, 0.3) is 5.69 Å². The van der Waals surface area contributed by atoms with Crippen molar-refractivity contribution in [1.82, 2.24) is 0 Å². The summed E-state index contributed by atoms with van der Waals surface area (Å²) in [6, 6.07) is 15.0. The van der Waals surface area contributed by atoms with Crippen molar-refractivity contribution in [3.63, 3.8) is 0 Å². The van der Waals surface area contributed by atoms with E-state index in [0.717, 1.165) is 5.56 Å². The van der Waals surface area contributed by atoms with E-state index >= 15 is 0 Å². The van der Waals surface area contributed by atoms with E-state index in [-0.39, 0.29) is 5.69 Å². The Bertz CT molecular complexity index is 976. The molecule has 0 spiro atoms. The van der Waals surface area contributed by atoms with E-state index in [4.69, 9.17) is 0 Å². The first-order valence-electron chi connectivity index (χ1n) is 8.94. The second-order valence-corrected chi connectivity index (χ2v) is 7.06. The van der Waals surface area contributed by atoms with Crippen LogP contribution >= 0.6 is 0 Å². The number of hydrazone groups is 1. The Morgan fingerprint density at radius 2 is 1.74 bits per heavy atom. The fourth-order valence-electron chi connectivity index (χ4n) is 3.18. The number of anilines is 1. The van der Waals surface area contributed by atoms with Crippen LogP contribution in [0.3, 0.4) is 0 Å². The maximum absolute atomic E-state index is 10.7. The Morgan fingerprint density at radius 3 is 2.37 bits per heavy atom.